The minimum absolute atomic E-state index is 0.629. The summed E-state index contributed by atoms with van der Waals surface area (Å²) in [5.74, 6) is 1.41. The lowest BCUT2D eigenvalue weighted by Crippen LogP contribution is -2.01. The van der Waals surface area contributed by atoms with Crippen LogP contribution in [0.25, 0.3) is 0 Å². The van der Waals surface area contributed by atoms with Gasteiger partial charge in [0, 0.05) is 10.6 Å². The molecule has 1 rings (SSSR count). The predicted molar refractivity (Wildman–Crippen MR) is 61.9 cm³/mol. The Labute approximate surface area is 89.0 Å². The van der Waals surface area contributed by atoms with Gasteiger partial charge in [-0.2, -0.15) is 0 Å². The third kappa shape index (κ3) is 3.62. The molecule has 0 aliphatic heterocycles. The van der Waals surface area contributed by atoms with Crippen LogP contribution in [0.2, 0.25) is 0 Å². The molecule has 1 unspecified atom stereocenters. The highest BCUT2D eigenvalue weighted by atomic mass is 32.2. The molecule has 0 spiro atoms. The quantitative estimate of drug-likeness (QED) is 0.746. The molecule has 0 radical (unpaired) electrons. The number of aryl methyl sites for hydroxylation is 1. The van der Waals surface area contributed by atoms with Gasteiger partial charge in [0.25, 0.3) is 0 Å². The van der Waals surface area contributed by atoms with Gasteiger partial charge in [-0.3, -0.25) is 4.21 Å². The average molecular weight is 210 g/mol. The van der Waals surface area contributed by atoms with E-state index in [0.717, 1.165) is 17.1 Å². The maximum Gasteiger partial charge on any atom is 0.0529 e. The molecular formula is C12H18OS. The number of benzene rings is 1. The van der Waals surface area contributed by atoms with Crippen molar-refractivity contribution in [1.29, 1.82) is 0 Å². The van der Waals surface area contributed by atoms with Crippen molar-refractivity contribution in [1.82, 2.24) is 0 Å². The van der Waals surface area contributed by atoms with Crippen molar-refractivity contribution in [2.45, 2.75) is 32.1 Å². The Hall–Kier alpha value is -0.630. The van der Waals surface area contributed by atoms with E-state index in [4.69, 9.17) is 0 Å². The van der Waals surface area contributed by atoms with Crippen LogP contribution >= 0.6 is 0 Å². The highest BCUT2D eigenvalue weighted by Crippen LogP contribution is 2.11. The van der Waals surface area contributed by atoms with E-state index in [9.17, 15) is 4.21 Å². The van der Waals surface area contributed by atoms with Crippen LogP contribution < -0.4 is 0 Å². The molecule has 0 fully saturated rings. The second-order valence-corrected chi connectivity index (χ2v) is 5.62. The van der Waals surface area contributed by atoms with Gasteiger partial charge in [-0.1, -0.05) is 31.5 Å². The van der Waals surface area contributed by atoms with Crippen molar-refractivity contribution < 1.29 is 4.21 Å². The van der Waals surface area contributed by atoms with Gasteiger partial charge in [0.15, 0.2) is 0 Å². The van der Waals surface area contributed by atoms with Crippen LogP contribution in [0.4, 0.5) is 0 Å². The molecule has 0 heterocycles. The van der Waals surface area contributed by atoms with Crippen molar-refractivity contribution in [3.8, 4) is 0 Å². The van der Waals surface area contributed by atoms with E-state index in [1.165, 1.54) is 5.56 Å². The second kappa shape index (κ2) is 5.30. The van der Waals surface area contributed by atoms with Crippen molar-refractivity contribution in [3.63, 3.8) is 0 Å². The molecule has 0 aliphatic carbocycles. The summed E-state index contributed by atoms with van der Waals surface area (Å²) in [5.41, 5.74) is 1.22. The molecule has 14 heavy (non-hydrogen) atoms. The largest absolute Gasteiger partial charge is 0.254 e. The fourth-order valence-corrected chi connectivity index (χ4v) is 2.51. The molecule has 0 bridgehead atoms. The van der Waals surface area contributed by atoms with Crippen molar-refractivity contribution in [3.05, 3.63) is 29.8 Å². The van der Waals surface area contributed by atoms with Gasteiger partial charge in [-0.15, -0.1) is 0 Å². The zero-order valence-electron chi connectivity index (χ0n) is 9.12. The first-order valence-electron chi connectivity index (χ1n) is 5.04. The molecule has 78 valence electrons. The Morgan fingerprint density at radius 2 is 1.79 bits per heavy atom. The molecule has 1 nitrogen and oxygen atoms in total. The van der Waals surface area contributed by atoms with E-state index < -0.39 is 10.8 Å². The Morgan fingerprint density at radius 1 is 1.21 bits per heavy atom. The van der Waals surface area contributed by atoms with Crippen LogP contribution in [0.15, 0.2) is 29.2 Å². The van der Waals surface area contributed by atoms with Gasteiger partial charge >= 0.3 is 0 Å². The first-order valence-corrected chi connectivity index (χ1v) is 6.36. The molecule has 1 aromatic rings. The van der Waals surface area contributed by atoms with Crippen molar-refractivity contribution >= 4 is 10.8 Å². The molecule has 0 saturated carbocycles. The second-order valence-electron chi connectivity index (χ2n) is 4.05. The fourth-order valence-electron chi connectivity index (χ4n) is 1.15. The highest BCUT2D eigenvalue weighted by molar-refractivity contribution is 7.85. The normalized spacial score (nSPS) is 13.1. The average Bonchev–Trinajstić information content (AvgIpc) is 2.15. The summed E-state index contributed by atoms with van der Waals surface area (Å²) in [4.78, 5) is 0.955. The highest BCUT2D eigenvalue weighted by Gasteiger charge is 2.04. The van der Waals surface area contributed by atoms with E-state index >= 15 is 0 Å². The van der Waals surface area contributed by atoms with Crippen LogP contribution in [-0.2, 0) is 10.8 Å². The first-order chi connectivity index (χ1) is 6.59. The fraction of sp³-hybridized carbons (Fsp3) is 0.500. The number of hydrogen-bond donors (Lipinski definition) is 0. The molecule has 0 aromatic heterocycles. The Balaban J connectivity index is 2.57. The Kier molecular flexibility index (Phi) is 4.33. The van der Waals surface area contributed by atoms with Gasteiger partial charge < -0.3 is 0 Å². The van der Waals surface area contributed by atoms with E-state index in [2.05, 4.69) is 13.8 Å². The molecule has 0 amide bonds. The lowest BCUT2D eigenvalue weighted by molar-refractivity contribution is 0.619. The van der Waals surface area contributed by atoms with Crippen LogP contribution in [0, 0.1) is 12.8 Å². The van der Waals surface area contributed by atoms with E-state index in [1.54, 1.807) is 0 Å². The molecular weight excluding hydrogens is 192 g/mol. The lowest BCUT2D eigenvalue weighted by atomic mass is 10.2. The van der Waals surface area contributed by atoms with E-state index in [1.807, 2.05) is 31.2 Å². The minimum Gasteiger partial charge on any atom is -0.254 e. The summed E-state index contributed by atoms with van der Waals surface area (Å²) in [6, 6.07) is 7.96. The topological polar surface area (TPSA) is 17.1 Å². The lowest BCUT2D eigenvalue weighted by Gasteiger charge is -2.04. The summed E-state index contributed by atoms with van der Waals surface area (Å²) in [6.45, 7) is 6.36. The molecule has 0 N–H and O–H groups in total. The van der Waals surface area contributed by atoms with Gasteiger partial charge in [0.1, 0.15) is 0 Å². The van der Waals surface area contributed by atoms with E-state index in [0.29, 0.717) is 5.92 Å². The number of rotatable bonds is 4. The monoisotopic (exact) mass is 210 g/mol. The Bertz CT molecular complexity index is 301. The van der Waals surface area contributed by atoms with Crippen LogP contribution in [-0.4, -0.2) is 9.96 Å². The standard InChI is InChI=1S/C12H18OS/c1-10(2)8-9-14(13)12-6-4-11(3)5-7-12/h4-7,10H,8-9H2,1-3H3. The van der Waals surface area contributed by atoms with Gasteiger partial charge in [0.05, 0.1) is 10.8 Å². The van der Waals surface area contributed by atoms with Gasteiger partial charge in [0.2, 0.25) is 0 Å². The molecule has 1 atom stereocenters. The molecule has 1 aromatic carbocycles. The summed E-state index contributed by atoms with van der Waals surface area (Å²) in [5, 5.41) is 0. The maximum absolute atomic E-state index is 11.8. The molecule has 2 heteroatoms. The minimum atomic E-state index is -0.812. The van der Waals surface area contributed by atoms with Crippen molar-refractivity contribution in [2.24, 2.45) is 5.92 Å². The third-order valence-corrected chi connectivity index (χ3v) is 3.57. The van der Waals surface area contributed by atoms with Crippen LogP contribution in [0.3, 0.4) is 0 Å². The third-order valence-electron chi connectivity index (χ3n) is 2.16. The summed E-state index contributed by atoms with van der Waals surface area (Å²) in [7, 11) is -0.812. The zero-order valence-corrected chi connectivity index (χ0v) is 9.93. The summed E-state index contributed by atoms with van der Waals surface area (Å²) in [6.07, 6.45) is 1.03. The predicted octanol–water partition coefficient (Wildman–Crippen LogP) is 3.15. The molecule has 0 saturated heterocycles. The van der Waals surface area contributed by atoms with E-state index in [-0.39, 0.29) is 0 Å². The van der Waals surface area contributed by atoms with Gasteiger partial charge in [-0.05, 0) is 31.4 Å². The van der Waals surface area contributed by atoms with Gasteiger partial charge in [-0.25, -0.2) is 0 Å². The number of hydrogen-bond acceptors (Lipinski definition) is 1. The SMILES string of the molecule is Cc1ccc(S(=O)CCC(C)C)cc1. The molecule has 0 aliphatic rings. The van der Waals surface area contributed by atoms with Crippen LogP contribution in [0.5, 0.6) is 0 Å². The summed E-state index contributed by atoms with van der Waals surface area (Å²) < 4.78 is 11.8. The zero-order chi connectivity index (χ0) is 10.6. The van der Waals surface area contributed by atoms with Crippen LogP contribution in [0.1, 0.15) is 25.8 Å². The summed E-state index contributed by atoms with van der Waals surface area (Å²) >= 11 is 0. The maximum atomic E-state index is 11.8. The Morgan fingerprint density at radius 3 is 2.29 bits per heavy atom. The first kappa shape index (κ1) is 11.4. The smallest absolute Gasteiger partial charge is 0.0529 e. The van der Waals surface area contributed by atoms with Crippen molar-refractivity contribution in [2.75, 3.05) is 5.75 Å².